The zero-order valence-electron chi connectivity index (χ0n) is 13.0. The molecule has 0 fully saturated rings. The van der Waals surface area contributed by atoms with Gasteiger partial charge in [0, 0.05) is 17.4 Å². The van der Waals surface area contributed by atoms with Crippen LogP contribution in [0.1, 0.15) is 39.0 Å². The number of fused-ring (bicyclic) bond motifs is 1. The van der Waals surface area contributed by atoms with Crippen molar-refractivity contribution in [2.24, 2.45) is 0 Å². The van der Waals surface area contributed by atoms with Gasteiger partial charge in [-0.05, 0) is 18.2 Å². The van der Waals surface area contributed by atoms with Crippen molar-refractivity contribution < 1.29 is 18.7 Å². The molecular formula is C19H16O4. The molecule has 23 heavy (non-hydrogen) atoms. The summed E-state index contributed by atoms with van der Waals surface area (Å²) in [6, 6.07) is 13.9. The van der Waals surface area contributed by atoms with E-state index in [0.717, 1.165) is 5.39 Å². The lowest BCUT2D eigenvalue weighted by atomic mass is 9.98. The van der Waals surface area contributed by atoms with Gasteiger partial charge in [-0.15, -0.1) is 0 Å². The second kappa shape index (κ2) is 6.08. The van der Waals surface area contributed by atoms with Gasteiger partial charge in [-0.1, -0.05) is 37.3 Å². The van der Waals surface area contributed by atoms with Crippen molar-refractivity contribution in [3.8, 4) is 0 Å². The lowest BCUT2D eigenvalue weighted by Crippen LogP contribution is -2.05. The molecule has 0 saturated heterocycles. The van der Waals surface area contributed by atoms with Crippen LogP contribution >= 0.6 is 0 Å². The van der Waals surface area contributed by atoms with Crippen LogP contribution in [-0.4, -0.2) is 18.9 Å². The topological polar surface area (TPSA) is 56.5 Å². The lowest BCUT2D eigenvalue weighted by molar-refractivity contribution is 0.0600. The number of aryl methyl sites for hydroxylation is 1. The molecule has 0 unspecified atom stereocenters. The van der Waals surface area contributed by atoms with Crippen molar-refractivity contribution >= 4 is 22.7 Å². The predicted octanol–water partition coefficient (Wildman–Crippen LogP) is 4.01. The summed E-state index contributed by atoms with van der Waals surface area (Å²) in [5.41, 5.74) is 2.23. The average Bonchev–Trinajstić information content (AvgIpc) is 2.99. The highest BCUT2D eigenvalue weighted by atomic mass is 16.5. The summed E-state index contributed by atoms with van der Waals surface area (Å²) in [6.45, 7) is 1.95. The molecule has 0 radical (unpaired) electrons. The number of benzene rings is 2. The van der Waals surface area contributed by atoms with Crippen LogP contribution in [0.5, 0.6) is 0 Å². The maximum absolute atomic E-state index is 12.9. The summed E-state index contributed by atoms with van der Waals surface area (Å²) < 4.78 is 10.4. The number of para-hydroxylation sites is 1. The highest BCUT2D eigenvalue weighted by molar-refractivity contribution is 6.17. The zero-order chi connectivity index (χ0) is 16.4. The number of hydrogen-bond donors (Lipinski definition) is 0. The molecule has 0 aliphatic carbocycles. The second-order valence-electron chi connectivity index (χ2n) is 5.15. The molecule has 0 amide bonds. The van der Waals surface area contributed by atoms with Crippen LogP contribution in [0, 0.1) is 0 Å². The maximum Gasteiger partial charge on any atom is 0.337 e. The molecule has 3 rings (SSSR count). The molecular weight excluding hydrogens is 292 g/mol. The SMILES string of the molecule is CCc1oc2ccccc2c1C(=O)c1ccc(C(=O)OC)cc1. The predicted molar refractivity (Wildman–Crippen MR) is 86.8 cm³/mol. The number of ether oxygens (including phenoxy) is 1. The Morgan fingerprint density at radius 1 is 1.00 bits per heavy atom. The van der Waals surface area contributed by atoms with Gasteiger partial charge in [-0.3, -0.25) is 4.79 Å². The highest BCUT2D eigenvalue weighted by Crippen LogP contribution is 2.28. The van der Waals surface area contributed by atoms with Crippen LogP contribution in [0.3, 0.4) is 0 Å². The van der Waals surface area contributed by atoms with Crippen molar-refractivity contribution in [2.75, 3.05) is 7.11 Å². The molecule has 1 heterocycles. The van der Waals surface area contributed by atoms with Gasteiger partial charge in [0.1, 0.15) is 11.3 Å². The standard InChI is InChI=1S/C19H16O4/c1-3-15-17(14-6-4-5-7-16(14)23-15)18(20)12-8-10-13(11-9-12)19(21)22-2/h4-11H,3H2,1-2H3. The van der Waals surface area contributed by atoms with Crippen LogP contribution in [-0.2, 0) is 11.2 Å². The minimum Gasteiger partial charge on any atom is -0.465 e. The number of carbonyl (C=O) groups is 2. The van der Waals surface area contributed by atoms with Crippen molar-refractivity contribution in [1.82, 2.24) is 0 Å². The molecule has 3 aromatic rings. The molecule has 0 aliphatic heterocycles. The highest BCUT2D eigenvalue weighted by Gasteiger charge is 2.21. The van der Waals surface area contributed by atoms with Crippen LogP contribution in [0.2, 0.25) is 0 Å². The van der Waals surface area contributed by atoms with Gasteiger partial charge in [0.15, 0.2) is 5.78 Å². The summed E-state index contributed by atoms with van der Waals surface area (Å²) in [5, 5.41) is 0.811. The Morgan fingerprint density at radius 3 is 2.30 bits per heavy atom. The van der Waals surface area contributed by atoms with Crippen molar-refractivity contribution in [3.05, 3.63) is 71.0 Å². The van der Waals surface area contributed by atoms with Crippen LogP contribution in [0.15, 0.2) is 52.9 Å². The summed E-state index contributed by atoms with van der Waals surface area (Å²) >= 11 is 0. The van der Waals surface area contributed by atoms with E-state index in [-0.39, 0.29) is 5.78 Å². The first kappa shape index (κ1) is 15.0. The molecule has 0 saturated carbocycles. The van der Waals surface area contributed by atoms with Gasteiger partial charge >= 0.3 is 5.97 Å². The monoisotopic (exact) mass is 308 g/mol. The van der Waals surface area contributed by atoms with Gasteiger partial charge in [0.05, 0.1) is 18.2 Å². The third-order valence-electron chi connectivity index (χ3n) is 3.78. The summed E-state index contributed by atoms with van der Waals surface area (Å²) in [6.07, 6.45) is 0.635. The van der Waals surface area contributed by atoms with E-state index in [9.17, 15) is 9.59 Å². The molecule has 0 spiro atoms. The zero-order valence-corrected chi connectivity index (χ0v) is 13.0. The van der Waals surface area contributed by atoms with Gasteiger partial charge in [0.2, 0.25) is 0 Å². The van der Waals surface area contributed by atoms with E-state index in [2.05, 4.69) is 4.74 Å². The smallest absolute Gasteiger partial charge is 0.337 e. The van der Waals surface area contributed by atoms with E-state index in [0.29, 0.717) is 34.5 Å². The Balaban J connectivity index is 2.05. The molecule has 4 nitrogen and oxygen atoms in total. The fourth-order valence-electron chi connectivity index (χ4n) is 2.61. The Morgan fingerprint density at radius 2 is 1.65 bits per heavy atom. The molecule has 1 aromatic heterocycles. The molecule has 116 valence electrons. The second-order valence-corrected chi connectivity index (χ2v) is 5.15. The number of carbonyl (C=O) groups excluding carboxylic acids is 2. The summed E-state index contributed by atoms with van der Waals surface area (Å²) in [4.78, 5) is 24.4. The van der Waals surface area contributed by atoms with E-state index >= 15 is 0 Å². The fraction of sp³-hybridized carbons (Fsp3) is 0.158. The Labute approximate surface area is 133 Å². The van der Waals surface area contributed by atoms with Gasteiger partial charge < -0.3 is 9.15 Å². The third kappa shape index (κ3) is 2.63. The van der Waals surface area contributed by atoms with Crippen molar-refractivity contribution in [3.63, 3.8) is 0 Å². The first-order valence-corrected chi connectivity index (χ1v) is 7.39. The molecule has 2 aromatic carbocycles. The van der Waals surface area contributed by atoms with E-state index in [1.165, 1.54) is 7.11 Å². The van der Waals surface area contributed by atoms with E-state index in [1.807, 2.05) is 31.2 Å². The number of furan rings is 1. The average molecular weight is 308 g/mol. The van der Waals surface area contributed by atoms with E-state index in [4.69, 9.17) is 4.42 Å². The first-order valence-electron chi connectivity index (χ1n) is 7.39. The molecule has 0 aliphatic rings. The first-order chi connectivity index (χ1) is 11.2. The Hall–Kier alpha value is -2.88. The van der Waals surface area contributed by atoms with Gasteiger partial charge in [-0.2, -0.15) is 0 Å². The lowest BCUT2D eigenvalue weighted by Gasteiger charge is -2.03. The fourth-order valence-corrected chi connectivity index (χ4v) is 2.61. The Bertz CT molecular complexity index is 872. The quantitative estimate of drug-likeness (QED) is 0.540. The molecule has 4 heteroatoms. The number of ketones is 1. The van der Waals surface area contributed by atoms with Crippen LogP contribution in [0.4, 0.5) is 0 Å². The number of methoxy groups -OCH3 is 1. The minimum absolute atomic E-state index is 0.108. The largest absolute Gasteiger partial charge is 0.465 e. The van der Waals surface area contributed by atoms with Crippen LogP contribution < -0.4 is 0 Å². The van der Waals surface area contributed by atoms with E-state index < -0.39 is 5.97 Å². The summed E-state index contributed by atoms with van der Waals surface area (Å²) in [7, 11) is 1.33. The molecule has 0 atom stereocenters. The van der Waals surface area contributed by atoms with Crippen LogP contribution in [0.25, 0.3) is 11.0 Å². The normalized spacial score (nSPS) is 10.7. The molecule has 0 N–H and O–H groups in total. The van der Waals surface area contributed by atoms with Gasteiger partial charge in [-0.25, -0.2) is 4.79 Å². The number of esters is 1. The van der Waals surface area contributed by atoms with Crippen molar-refractivity contribution in [1.29, 1.82) is 0 Å². The molecule has 0 bridgehead atoms. The maximum atomic E-state index is 12.9. The summed E-state index contributed by atoms with van der Waals surface area (Å²) in [5.74, 6) is 0.142. The van der Waals surface area contributed by atoms with E-state index in [1.54, 1.807) is 24.3 Å². The number of rotatable bonds is 4. The van der Waals surface area contributed by atoms with Gasteiger partial charge in [0.25, 0.3) is 0 Å². The number of hydrogen-bond acceptors (Lipinski definition) is 4. The third-order valence-corrected chi connectivity index (χ3v) is 3.78. The van der Waals surface area contributed by atoms with Crippen molar-refractivity contribution in [2.45, 2.75) is 13.3 Å². The minimum atomic E-state index is -0.424. The Kier molecular flexibility index (Phi) is 3.98.